The number of anilines is 2. The van der Waals surface area contributed by atoms with E-state index in [-0.39, 0.29) is 5.91 Å². The number of fused-ring (bicyclic) bond motifs is 1. The fourth-order valence-corrected chi connectivity index (χ4v) is 5.26. The molecule has 1 N–H and O–H groups in total. The summed E-state index contributed by atoms with van der Waals surface area (Å²) in [6.45, 7) is 5.35. The van der Waals surface area contributed by atoms with Crippen molar-refractivity contribution in [1.82, 2.24) is 14.8 Å². The van der Waals surface area contributed by atoms with Gasteiger partial charge in [-0.15, -0.1) is 0 Å². The number of hydrogen-bond donors (Lipinski definition) is 1. The summed E-state index contributed by atoms with van der Waals surface area (Å²) in [7, 11) is 4.84. The number of hydrogen-bond acceptors (Lipinski definition) is 7. The van der Waals surface area contributed by atoms with E-state index in [0.717, 1.165) is 40.7 Å². The minimum absolute atomic E-state index is 0.0167. The topological polar surface area (TPSA) is 76.2 Å². The van der Waals surface area contributed by atoms with Crippen molar-refractivity contribution >= 4 is 39.8 Å². The Morgan fingerprint density at radius 3 is 2.33 bits per heavy atom. The number of benzene rings is 3. The summed E-state index contributed by atoms with van der Waals surface area (Å²) in [6.07, 6.45) is 1.67. The first kappa shape index (κ1) is 27.6. The minimum atomic E-state index is -0.0167. The molecule has 0 unspecified atom stereocenters. The van der Waals surface area contributed by atoms with Crippen LogP contribution in [-0.2, 0) is 6.54 Å². The summed E-state index contributed by atoms with van der Waals surface area (Å²) in [5.74, 6) is 2.54. The molecule has 208 valence electrons. The Kier molecular flexibility index (Phi) is 8.28. The molecule has 5 rings (SSSR count). The number of ether oxygens (including phenoxy) is 3. The molecule has 0 bridgehead atoms. The molecule has 1 fully saturated rings. The number of methoxy groups -OCH3 is 3. The van der Waals surface area contributed by atoms with Crippen molar-refractivity contribution in [3.05, 3.63) is 82.5 Å². The number of piperazine rings is 1. The Balaban J connectivity index is 1.30. The molecule has 0 atom stereocenters. The second-order valence-electron chi connectivity index (χ2n) is 9.72. The minimum Gasteiger partial charge on any atom is -0.493 e. The van der Waals surface area contributed by atoms with Crippen LogP contribution in [0.5, 0.6) is 17.2 Å². The van der Waals surface area contributed by atoms with Crippen molar-refractivity contribution in [2.24, 2.45) is 0 Å². The van der Waals surface area contributed by atoms with E-state index in [2.05, 4.69) is 15.2 Å². The molecule has 1 saturated heterocycles. The average molecular weight is 561 g/mol. The van der Waals surface area contributed by atoms with Crippen LogP contribution in [0.1, 0.15) is 21.5 Å². The van der Waals surface area contributed by atoms with Gasteiger partial charge in [-0.05, 0) is 36.1 Å². The number of amides is 1. The van der Waals surface area contributed by atoms with Crippen LogP contribution in [0, 0.1) is 6.92 Å². The first-order chi connectivity index (χ1) is 19.4. The fourth-order valence-electron chi connectivity index (χ4n) is 5.08. The van der Waals surface area contributed by atoms with E-state index in [1.165, 1.54) is 0 Å². The maximum absolute atomic E-state index is 13.7. The first-order valence-electron chi connectivity index (χ1n) is 13.1. The number of pyridine rings is 1. The molecule has 0 spiro atoms. The highest BCUT2D eigenvalue weighted by atomic mass is 35.5. The summed E-state index contributed by atoms with van der Waals surface area (Å²) < 4.78 is 16.6. The molecule has 1 aliphatic heterocycles. The number of aryl methyl sites for hydroxylation is 1. The van der Waals surface area contributed by atoms with E-state index >= 15 is 0 Å². The molecular weight excluding hydrogens is 528 g/mol. The number of aromatic nitrogens is 1. The van der Waals surface area contributed by atoms with E-state index in [4.69, 9.17) is 25.8 Å². The maximum Gasteiger partial charge on any atom is 0.256 e. The molecule has 1 amide bonds. The fraction of sp³-hybridized carbons (Fsp3) is 0.290. The largest absolute Gasteiger partial charge is 0.493 e. The monoisotopic (exact) mass is 560 g/mol. The molecule has 4 aromatic rings. The third-order valence-electron chi connectivity index (χ3n) is 7.30. The van der Waals surface area contributed by atoms with Gasteiger partial charge in [-0.2, -0.15) is 0 Å². The molecule has 3 aromatic carbocycles. The van der Waals surface area contributed by atoms with Gasteiger partial charge in [-0.3, -0.25) is 9.69 Å². The standard InChI is InChI=1S/C31H33ClN4O4/c1-20-9-11-22(17-26(20)32)34-30-24-8-6-5-7-23(24)25(18-33-30)31(37)36-15-13-35(14-16-36)19-21-10-12-27(38-2)29(40-4)28(21)39-3/h5-12,17-18H,13-16,19H2,1-4H3,(H,33,34). The molecule has 0 saturated carbocycles. The van der Waals surface area contributed by atoms with Gasteiger partial charge >= 0.3 is 0 Å². The number of rotatable bonds is 8. The molecule has 8 nitrogen and oxygen atoms in total. The second kappa shape index (κ2) is 12.0. The first-order valence-corrected chi connectivity index (χ1v) is 13.5. The van der Waals surface area contributed by atoms with Crippen molar-refractivity contribution in [3.8, 4) is 17.2 Å². The third kappa shape index (κ3) is 5.50. The lowest BCUT2D eigenvalue weighted by Crippen LogP contribution is -2.48. The highest BCUT2D eigenvalue weighted by Gasteiger charge is 2.26. The van der Waals surface area contributed by atoms with Crippen LogP contribution in [-0.4, -0.2) is 68.2 Å². The summed E-state index contributed by atoms with van der Waals surface area (Å²) in [5, 5.41) is 5.79. The zero-order valence-corrected chi connectivity index (χ0v) is 23.9. The predicted molar refractivity (Wildman–Crippen MR) is 158 cm³/mol. The Labute approximate surface area is 239 Å². The maximum atomic E-state index is 13.7. The lowest BCUT2D eigenvalue weighted by Gasteiger charge is -2.35. The normalized spacial score (nSPS) is 13.8. The van der Waals surface area contributed by atoms with E-state index in [1.807, 2.05) is 66.4 Å². The van der Waals surface area contributed by atoms with Gasteiger partial charge in [0.1, 0.15) is 5.82 Å². The van der Waals surface area contributed by atoms with E-state index in [1.54, 1.807) is 27.5 Å². The van der Waals surface area contributed by atoms with Crippen LogP contribution in [0.4, 0.5) is 11.5 Å². The van der Waals surface area contributed by atoms with Gasteiger partial charge in [0.2, 0.25) is 5.75 Å². The van der Waals surface area contributed by atoms with E-state index in [9.17, 15) is 4.79 Å². The second-order valence-corrected chi connectivity index (χ2v) is 10.1. The Morgan fingerprint density at radius 1 is 0.925 bits per heavy atom. The number of nitrogens with one attached hydrogen (secondary N) is 1. The average Bonchev–Trinajstić information content (AvgIpc) is 2.99. The van der Waals surface area contributed by atoms with Crippen molar-refractivity contribution in [2.45, 2.75) is 13.5 Å². The van der Waals surface area contributed by atoms with Crippen molar-refractivity contribution < 1.29 is 19.0 Å². The number of halogens is 1. The number of nitrogens with zero attached hydrogens (tertiary/aromatic N) is 3. The van der Waals surface area contributed by atoms with Gasteiger partial charge in [-0.1, -0.05) is 48.0 Å². The molecule has 1 aliphatic rings. The zero-order chi connectivity index (χ0) is 28.2. The van der Waals surface area contributed by atoms with Crippen LogP contribution in [0.3, 0.4) is 0 Å². The zero-order valence-electron chi connectivity index (χ0n) is 23.2. The lowest BCUT2D eigenvalue weighted by atomic mass is 10.1. The van der Waals surface area contributed by atoms with Gasteiger partial charge < -0.3 is 24.4 Å². The summed E-state index contributed by atoms with van der Waals surface area (Å²) in [5.41, 5.74) is 3.45. The Hall–Kier alpha value is -4.01. The highest BCUT2D eigenvalue weighted by molar-refractivity contribution is 6.31. The molecule has 40 heavy (non-hydrogen) atoms. The number of carbonyl (C=O) groups is 1. The SMILES string of the molecule is COc1ccc(CN2CCN(C(=O)c3cnc(Nc4ccc(C)c(Cl)c4)c4ccccc34)CC2)c(OC)c1OC. The van der Waals surface area contributed by atoms with Crippen LogP contribution < -0.4 is 19.5 Å². The lowest BCUT2D eigenvalue weighted by molar-refractivity contribution is 0.0629. The Bertz CT molecular complexity index is 1540. The summed E-state index contributed by atoms with van der Waals surface area (Å²) in [6, 6.07) is 17.5. The van der Waals surface area contributed by atoms with Crippen molar-refractivity contribution in [3.63, 3.8) is 0 Å². The molecule has 0 aliphatic carbocycles. The Morgan fingerprint density at radius 2 is 1.65 bits per heavy atom. The van der Waals surface area contributed by atoms with Crippen molar-refractivity contribution in [1.29, 1.82) is 0 Å². The predicted octanol–water partition coefficient (Wildman–Crippen LogP) is 5.92. The number of carbonyl (C=O) groups excluding carboxylic acids is 1. The van der Waals surface area contributed by atoms with Crippen molar-refractivity contribution in [2.75, 3.05) is 52.8 Å². The molecule has 2 heterocycles. The summed E-state index contributed by atoms with van der Waals surface area (Å²) in [4.78, 5) is 22.5. The van der Waals surface area contributed by atoms with Gasteiger partial charge in [0.15, 0.2) is 11.5 Å². The summed E-state index contributed by atoms with van der Waals surface area (Å²) >= 11 is 6.32. The quantitative estimate of drug-likeness (QED) is 0.286. The van der Waals surface area contributed by atoms with Crippen LogP contribution >= 0.6 is 11.6 Å². The van der Waals surface area contributed by atoms with Gasteiger partial charge in [0.25, 0.3) is 5.91 Å². The van der Waals surface area contributed by atoms with Crippen LogP contribution in [0.2, 0.25) is 5.02 Å². The highest BCUT2D eigenvalue weighted by Crippen LogP contribution is 2.40. The van der Waals surface area contributed by atoms with E-state index < -0.39 is 0 Å². The molecule has 9 heteroatoms. The van der Waals surface area contributed by atoms with E-state index in [0.29, 0.717) is 53.3 Å². The van der Waals surface area contributed by atoms with Crippen LogP contribution in [0.15, 0.2) is 60.8 Å². The van der Waals surface area contributed by atoms with Gasteiger partial charge in [0, 0.05) is 60.6 Å². The molecule has 1 aromatic heterocycles. The van der Waals surface area contributed by atoms with Crippen LogP contribution in [0.25, 0.3) is 10.8 Å². The smallest absolute Gasteiger partial charge is 0.256 e. The van der Waals surface area contributed by atoms with Gasteiger partial charge in [0.05, 0.1) is 26.9 Å². The third-order valence-corrected chi connectivity index (χ3v) is 7.71. The molecular formula is C31H33ClN4O4. The van der Waals surface area contributed by atoms with Gasteiger partial charge in [-0.25, -0.2) is 4.98 Å². The molecule has 0 radical (unpaired) electrons.